The summed E-state index contributed by atoms with van der Waals surface area (Å²) < 4.78 is 33.7. The molecule has 1 unspecified atom stereocenters. The Balaban J connectivity index is 1.98. The summed E-state index contributed by atoms with van der Waals surface area (Å²) in [5.74, 6) is -4.43. The van der Waals surface area contributed by atoms with Crippen molar-refractivity contribution in [3.8, 4) is 11.5 Å². The van der Waals surface area contributed by atoms with Crippen LogP contribution in [0, 0.1) is 11.6 Å². The number of Topliss-reactive ketones (excluding diaryl/α,β-unsaturated/α-hetero) is 1. The second-order valence-electron chi connectivity index (χ2n) is 7.21. The third-order valence-corrected chi connectivity index (χ3v) is 5.56. The van der Waals surface area contributed by atoms with Crippen LogP contribution in [0.4, 0.5) is 14.5 Å². The van der Waals surface area contributed by atoms with Crippen molar-refractivity contribution in [2.75, 3.05) is 12.0 Å². The lowest BCUT2D eigenvalue weighted by Gasteiger charge is -2.26. The SMILES string of the molecule is COc1cc(/C(O)=C2\C(=O)C(=O)N(c3cc(F)ccc3F)C2c2ccc(O)cc2)ccc1Cl. The van der Waals surface area contributed by atoms with E-state index in [9.17, 15) is 28.6 Å². The van der Waals surface area contributed by atoms with E-state index in [1.165, 1.54) is 49.6 Å². The first-order valence-electron chi connectivity index (χ1n) is 9.61. The number of hydrogen-bond donors (Lipinski definition) is 2. The Labute approximate surface area is 191 Å². The zero-order valence-corrected chi connectivity index (χ0v) is 17.8. The third-order valence-electron chi connectivity index (χ3n) is 5.25. The van der Waals surface area contributed by atoms with E-state index in [4.69, 9.17) is 16.3 Å². The zero-order chi connectivity index (χ0) is 23.9. The van der Waals surface area contributed by atoms with E-state index in [2.05, 4.69) is 0 Å². The van der Waals surface area contributed by atoms with Gasteiger partial charge in [-0.3, -0.25) is 14.5 Å². The summed E-state index contributed by atoms with van der Waals surface area (Å²) in [7, 11) is 1.37. The highest BCUT2D eigenvalue weighted by atomic mass is 35.5. The van der Waals surface area contributed by atoms with Crippen molar-refractivity contribution >= 4 is 34.7 Å². The van der Waals surface area contributed by atoms with Crippen LogP contribution in [0.1, 0.15) is 17.2 Å². The van der Waals surface area contributed by atoms with E-state index in [-0.39, 0.29) is 33.2 Å². The van der Waals surface area contributed by atoms with Crippen LogP contribution in [0.25, 0.3) is 5.76 Å². The van der Waals surface area contributed by atoms with Crippen LogP contribution >= 0.6 is 11.6 Å². The number of phenols is 1. The number of carbonyl (C=O) groups excluding carboxylic acids is 2. The number of phenolic OH excluding ortho intramolecular Hbond substituents is 1. The lowest BCUT2D eigenvalue weighted by atomic mass is 9.95. The number of carbonyl (C=O) groups is 2. The molecule has 0 bridgehead atoms. The Morgan fingerprint density at radius 3 is 2.39 bits per heavy atom. The zero-order valence-electron chi connectivity index (χ0n) is 17.1. The lowest BCUT2D eigenvalue weighted by molar-refractivity contribution is -0.132. The fraction of sp³-hybridized carbons (Fsp3) is 0.0833. The van der Waals surface area contributed by atoms with Crippen molar-refractivity contribution in [3.05, 3.63) is 94.0 Å². The molecule has 4 rings (SSSR count). The largest absolute Gasteiger partial charge is 0.508 e. The molecule has 33 heavy (non-hydrogen) atoms. The Hall–Kier alpha value is -3.91. The van der Waals surface area contributed by atoms with Gasteiger partial charge in [0.2, 0.25) is 0 Å². The molecule has 1 amide bonds. The number of benzene rings is 3. The maximum absolute atomic E-state index is 14.6. The maximum Gasteiger partial charge on any atom is 0.300 e. The Morgan fingerprint density at radius 1 is 1.03 bits per heavy atom. The van der Waals surface area contributed by atoms with Gasteiger partial charge in [0.25, 0.3) is 11.7 Å². The summed E-state index contributed by atoms with van der Waals surface area (Å²) in [4.78, 5) is 26.8. The van der Waals surface area contributed by atoms with E-state index < -0.39 is 40.8 Å². The fourth-order valence-corrected chi connectivity index (χ4v) is 3.88. The van der Waals surface area contributed by atoms with Crippen LogP contribution in [-0.4, -0.2) is 29.0 Å². The highest BCUT2D eigenvalue weighted by Gasteiger charge is 2.47. The first-order valence-corrected chi connectivity index (χ1v) is 9.99. The fourth-order valence-electron chi connectivity index (χ4n) is 3.69. The number of ketones is 1. The van der Waals surface area contributed by atoms with Gasteiger partial charge in [-0.25, -0.2) is 8.78 Å². The van der Waals surface area contributed by atoms with Gasteiger partial charge in [0.1, 0.15) is 28.9 Å². The average molecular weight is 472 g/mol. The van der Waals surface area contributed by atoms with Gasteiger partial charge >= 0.3 is 0 Å². The lowest BCUT2D eigenvalue weighted by Crippen LogP contribution is -2.30. The van der Waals surface area contributed by atoms with Gasteiger partial charge in [0.05, 0.1) is 29.4 Å². The van der Waals surface area contributed by atoms with Gasteiger partial charge in [0.15, 0.2) is 0 Å². The molecular weight excluding hydrogens is 456 g/mol. The van der Waals surface area contributed by atoms with Crippen LogP contribution in [0.5, 0.6) is 11.5 Å². The van der Waals surface area contributed by atoms with E-state index in [1.807, 2.05) is 0 Å². The third kappa shape index (κ3) is 3.89. The molecule has 1 fully saturated rings. The summed E-state index contributed by atoms with van der Waals surface area (Å²) in [6.07, 6.45) is 0. The molecule has 6 nitrogen and oxygen atoms in total. The van der Waals surface area contributed by atoms with E-state index >= 15 is 0 Å². The number of aliphatic hydroxyl groups excluding tert-OH is 1. The maximum atomic E-state index is 14.6. The topological polar surface area (TPSA) is 87.1 Å². The van der Waals surface area contributed by atoms with Crippen LogP contribution in [0.15, 0.2) is 66.2 Å². The van der Waals surface area contributed by atoms with Crippen molar-refractivity contribution in [2.24, 2.45) is 0 Å². The molecule has 9 heteroatoms. The average Bonchev–Trinajstić information content (AvgIpc) is 3.06. The molecule has 168 valence electrons. The van der Waals surface area contributed by atoms with Crippen molar-refractivity contribution in [1.29, 1.82) is 0 Å². The number of aliphatic hydroxyl groups is 1. The Bertz CT molecular complexity index is 1310. The standard InChI is InChI=1S/C24H16ClF2NO5/c1-33-19-10-13(4-8-16(19)25)22(30)20-21(12-2-6-15(29)7-3-12)28(24(32)23(20)31)18-11-14(26)5-9-17(18)27/h2-11,21,29-30H,1H3/b22-20+. The number of rotatable bonds is 4. The molecule has 0 radical (unpaired) electrons. The molecule has 2 N–H and O–H groups in total. The van der Waals surface area contributed by atoms with Gasteiger partial charge in [-0.1, -0.05) is 23.7 Å². The smallest absolute Gasteiger partial charge is 0.300 e. The van der Waals surface area contributed by atoms with Gasteiger partial charge in [-0.15, -0.1) is 0 Å². The molecule has 1 heterocycles. The summed E-state index contributed by atoms with van der Waals surface area (Å²) in [6, 6.07) is 10.9. The number of ether oxygens (including phenoxy) is 1. The quantitative estimate of drug-likeness (QED) is 0.319. The Kier molecular flexibility index (Phi) is 5.78. The van der Waals surface area contributed by atoms with Crippen LogP contribution in [0.3, 0.4) is 0 Å². The second kappa shape index (κ2) is 8.55. The number of halogens is 3. The number of nitrogens with zero attached hydrogens (tertiary/aromatic N) is 1. The van der Waals surface area contributed by atoms with Crippen molar-refractivity contribution in [1.82, 2.24) is 0 Å². The Morgan fingerprint density at radius 2 is 1.73 bits per heavy atom. The second-order valence-corrected chi connectivity index (χ2v) is 7.61. The number of hydrogen-bond acceptors (Lipinski definition) is 5. The molecule has 1 aliphatic rings. The van der Waals surface area contributed by atoms with Crippen LogP contribution < -0.4 is 9.64 Å². The highest BCUT2D eigenvalue weighted by molar-refractivity contribution is 6.51. The molecule has 0 aromatic heterocycles. The van der Waals surface area contributed by atoms with Gasteiger partial charge in [-0.2, -0.15) is 0 Å². The number of anilines is 1. The predicted octanol–water partition coefficient (Wildman–Crippen LogP) is 4.96. The van der Waals surface area contributed by atoms with E-state index in [0.29, 0.717) is 0 Å². The normalized spacial score (nSPS) is 17.5. The molecule has 0 saturated carbocycles. The minimum atomic E-state index is -1.30. The first-order chi connectivity index (χ1) is 15.7. The van der Waals surface area contributed by atoms with E-state index in [0.717, 1.165) is 23.1 Å². The van der Waals surface area contributed by atoms with Crippen LogP contribution in [0.2, 0.25) is 5.02 Å². The molecule has 1 atom stereocenters. The molecule has 1 saturated heterocycles. The molecule has 1 aliphatic heterocycles. The van der Waals surface area contributed by atoms with E-state index in [1.54, 1.807) is 0 Å². The molecule has 3 aromatic rings. The molecule has 0 aliphatic carbocycles. The summed E-state index contributed by atoms with van der Waals surface area (Å²) in [6.45, 7) is 0. The first kappa shape index (κ1) is 22.3. The number of aromatic hydroxyl groups is 1. The van der Waals surface area contributed by atoms with Crippen molar-refractivity contribution in [3.63, 3.8) is 0 Å². The number of methoxy groups -OCH3 is 1. The monoisotopic (exact) mass is 471 g/mol. The predicted molar refractivity (Wildman–Crippen MR) is 117 cm³/mol. The molecule has 3 aromatic carbocycles. The summed E-state index contributed by atoms with van der Waals surface area (Å²) in [5, 5.41) is 21.0. The minimum absolute atomic E-state index is 0.0879. The molecule has 0 spiro atoms. The molecular formula is C24H16ClF2NO5. The van der Waals surface area contributed by atoms with Crippen LogP contribution in [-0.2, 0) is 9.59 Å². The van der Waals surface area contributed by atoms with Gasteiger partial charge in [0, 0.05) is 11.6 Å². The summed E-state index contributed by atoms with van der Waals surface area (Å²) >= 11 is 6.03. The highest BCUT2D eigenvalue weighted by Crippen LogP contribution is 2.43. The van der Waals surface area contributed by atoms with Crippen molar-refractivity contribution < 1.29 is 33.3 Å². The van der Waals surface area contributed by atoms with Gasteiger partial charge in [-0.05, 0) is 48.0 Å². The summed E-state index contributed by atoms with van der Waals surface area (Å²) in [5.41, 5.74) is -0.419. The number of amides is 1. The minimum Gasteiger partial charge on any atom is -0.508 e. The van der Waals surface area contributed by atoms with Crippen molar-refractivity contribution in [2.45, 2.75) is 6.04 Å². The van der Waals surface area contributed by atoms with Gasteiger partial charge < -0.3 is 14.9 Å².